The van der Waals surface area contributed by atoms with Gasteiger partial charge in [-0.3, -0.25) is 4.90 Å². The van der Waals surface area contributed by atoms with Crippen molar-refractivity contribution in [2.75, 3.05) is 36.9 Å². The van der Waals surface area contributed by atoms with E-state index in [9.17, 15) is 4.21 Å². The number of nitrogens with one attached hydrogen (secondary N) is 3. The molecule has 4 rings (SSSR count). The first kappa shape index (κ1) is 26.1. The van der Waals surface area contributed by atoms with Crippen molar-refractivity contribution in [1.29, 1.82) is 0 Å². The largest absolute Gasteiger partial charge is 0.492 e. The summed E-state index contributed by atoms with van der Waals surface area (Å²) in [6.45, 7) is 11.9. The van der Waals surface area contributed by atoms with E-state index in [1.54, 1.807) is 6.20 Å². The van der Waals surface area contributed by atoms with Crippen molar-refractivity contribution in [3.63, 3.8) is 0 Å². The summed E-state index contributed by atoms with van der Waals surface area (Å²) in [6.07, 6.45) is 4.36. The molecule has 3 N–H and O–H groups in total. The lowest BCUT2D eigenvalue weighted by Crippen LogP contribution is -2.37. The molecule has 36 heavy (non-hydrogen) atoms. The molecule has 1 atom stereocenters. The fourth-order valence-electron chi connectivity index (χ4n) is 3.85. The van der Waals surface area contributed by atoms with E-state index >= 15 is 0 Å². The van der Waals surface area contributed by atoms with Gasteiger partial charge in [-0.1, -0.05) is 6.07 Å². The summed E-state index contributed by atoms with van der Waals surface area (Å²) in [5, 5.41) is 6.59. The highest BCUT2D eigenvalue weighted by atomic mass is 32.2. The Kier molecular flexibility index (Phi) is 8.56. The van der Waals surface area contributed by atoms with E-state index in [2.05, 4.69) is 30.2 Å². The maximum absolute atomic E-state index is 12.7. The summed E-state index contributed by atoms with van der Waals surface area (Å²) in [4.78, 5) is 12.2. The number of nitrogens with zero attached hydrogens (tertiary/aromatic N) is 3. The Labute approximate surface area is 216 Å². The zero-order chi connectivity index (χ0) is 25.5. The minimum atomic E-state index is -1.31. The monoisotopic (exact) mass is 508 g/mol. The van der Waals surface area contributed by atoms with E-state index in [1.807, 2.05) is 76.2 Å². The van der Waals surface area contributed by atoms with Crippen LogP contribution >= 0.6 is 0 Å². The van der Waals surface area contributed by atoms with Crippen LogP contribution < -0.4 is 20.1 Å². The molecule has 0 aliphatic carbocycles. The van der Waals surface area contributed by atoms with Gasteiger partial charge in [0.05, 0.1) is 4.90 Å². The van der Waals surface area contributed by atoms with Crippen molar-refractivity contribution in [1.82, 2.24) is 19.6 Å². The number of ether oxygens (including phenoxy) is 1. The van der Waals surface area contributed by atoms with Crippen molar-refractivity contribution >= 4 is 34.1 Å². The topological polar surface area (TPSA) is 91.4 Å². The van der Waals surface area contributed by atoms with Crippen molar-refractivity contribution in [3.05, 3.63) is 60.3 Å². The lowest BCUT2D eigenvalue weighted by Gasteiger charge is -2.19. The Morgan fingerprint density at radius 2 is 1.78 bits per heavy atom. The van der Waals surface area contributed by atoms with E-state index in [-0.39, 0.29) is 5.54 Å². The van der Waals surface area contributed by atoms with Gasteiger partial charge in [-0.2, -0.15) is 4.98 Å². The molecule has 3 aromatic rings. The minimum Gasteiger partial charge on any atom is -0.492 e. The van der Waals surface area contributed by atoms with Crippen molar-refractivity contribution < 1.29 is 8.95 Å². The summed E-state index contributed by atoms with van der Waals surface area (Å²) in [5.41, 5.74) is 2.33. The molecular weight excluding hydrogens is 472 g/mol. The Hall–Kier alpha value is -3.01. The molecule has 0 radical (unpaired) electrons. The molecule has 0 amide bonds. The van der Waals surface area contributed by atoms with Gasteiger partial charge >= 0.3 is 0 Å². The maximum atomic E-state index is 12.7. The maximum Gasteiger partial charge on any atom is 0.229 e. The second kappa shape index (κ2) is 11.8. The van der Waals surface area contributed by atoms with Gasteiger partial charge in [0.15, 0.2) is 0 Å². The Morgan fingerprint density at radius 1 is 1.03 bits per heavy atom. The smallest absolute Gasteiger partial charge is 0.229 e. The van der Waals surface area contributed by atoms with Gasteiger partial charge < -0.3 is 15.4 Å². The molecule has 2 heterocycles. The predicted molar refractivity (Wildman–Crippen MR) is 147 cm³/mol. The number of benzene rings is 2. The van der Waals surface area contributed by atoms with Crippen molar-refractivity contribution in [2.24, 2.45) is 0 Å². The van der Waals surface area contributed by atoms with Gasteiger partial charge in [0, 0.05) is 35.2 Å². The van der Waals surface area contributed by atoms with E-state index in [0.717, 1.165) is 29.2 Å². The van der Waals surface area contributed by atoms with E-state index < -0.39 is 11.0 Å². The lowest BCUT2D eigenvalue weighted by molar-refractivity contribution is 0.238. The normalized spacial score (nSPS) is 15.0. The second-order valence-corrected chi connectivity index (χ2v) is 11.3. The van der Waals surface area contributed by atoms with Crippen LogP contribution in [-0.4, -0.2) is 50.9 Å². The zero-order valence-corrected chi connectivity index (χ0v) is 22.3. The van der Waals surface area contributed by atoms with Crippen LogP contribution in [0.5, 0.6) is 5.75 Å². The molecule has 0 spiro atoms. The number of anilines is 4. The van der Waals surface area contributed by atoms with Crippen LogP contribution in [0.1, 0.15) is 39.2 Å². The Bertz CT molecular complexity index is 1170. The third-order valence-electron chi connectivity index (χ3n) is 5.67. The Balaban J connectivity index is 1.37. The number of hydrogen-bond donors (Lipinski definition) is 3. The number of hydrogen-bond acceptors (Lipinski definition) is 7. The van der Waals surface area contributed by atoms with Gasteiger partial charge in [-0.25, -0.2) is 13.9 Å². The fraction of sp³-hybridized carbons (Fsp3) is 0.407. The molecule has 1 aliphatic heterocycles. The summed E-state index contributed by atoms with van der Waals surface area (Å²) >= 11 is 0. The fourth-order valence-corrected chi connectivity index (χ4v) is 4.96. The molecule has 0 saturated carbocycles. The van der Waals surface area contributed by atoms with Crippen molar-refractivity contribution in [2.45, 2.75) is 51.0 Å². The van der Waals surface area contributed by atoms with Crippen LogP contribution in [0.2, 0.25) is 0 Å². The third kappa shape index (κ3) is 7.74. The molecule has 1 unspecified atom stereocenters. The van der Waals surface area contributed by atoms with Crippen molar-refractivity contribution in [3.8, 4) is 5.75 Å². The first-order chi connectivity index (χ1) is 17.2. The van der Waals surface area contributed by atoms with Gasteiger partial charge in [-0.05, 0) is 96.1 Å². The number of aryl methyl sites for hydroxylation is 1. The molecule has 2 aromatic carbocycles. The van der Waals surface area contributed by atoms with Gasteiger partial charge in [0.1, 0.15) is 29.2 Å². The number of rotatable bonds is 10. The standard InChI is InChI=1S/C27H36N6O2S/c1-20-19-28-26(30-21-10-12-23(13-11-21)35-17-16-33-14-5-6-15-33)31-25(20)29-22-8-7-9-24(18-22)36(34)32-27(2,3)4/h7-13,18-19,32H,5-6,14-17H2,1-4H3,(H2,28,29,30,31). The molecule has 1 saturated heterocycles. The van der Waals surface area contributed by atoms with Gasteiger partial charge in [-0.15, -0.1) is 0 Å². The van der Waals surface area contributed by atoms with Crippen LogP contribution in [0.4, 0.5) is 23.1 Å². The van der Waals surface area contributed by atoms with E-state index in [0.29, 0.717) is 23.3 Å². The van der Waals surface area contributed by atoms with Crippen LogP contribution in [0.15, 0.2) is 59.6 Å². The van der Waals surface area contributed by atoms with Crippen LogP contribution in [0.25, 0.3) is 0 Å². The molecule has 8 nitrogen and oxygen atoms in total. The summed E-state index contributed by atoms with van der Waals surface area (Å²) in [6, 6.07) is 15.4. The number of aromatic nitrogens is 2. The summed E-state index contributed by atoms with van der Waals surface area (Å²) in [5.74, 6) is 2.02. The summed E-state index contributed by atoms with van der Waals surface area (Å²) in [7, 11) is -1.31. The third-order valence-corrected chi connectivity index (χ3v) is 7.15. The molecule has 9 heteroatoms. The predicted octanol–water partition coefficient (Wildman–Crippen LogP) is 5.16. The second-order valence-electron chi connectivity index (χ2n) is 10.0. The Morgan fingerprint density at radius 3 is 2.50 bits per heavy atom. The van der Waals surface area contributed by atoms with Crippen LogP contribution in [-0.2, 0) is 11.0 Å². The zero-order valence-electron chi connectivity index (χ0n) is 21.5. The lowest BCUT2D eigenvalue weighted by atomic mass is 10.1. The summed E-state index contributed by atoms with van der Waals surface area (Å²) < 4.78 is 21.6. The molecule has 1 aliphatic rings. The van der Waals surface area contributed by atoms with Gasteiger partial charge in [0.2, 0.25) is 5.95 Å². The highest BCUT2D eigenvalue weighted by Gasteiger charge is 2.15. The molecule has 0 bridgehead atoms. The average Bonchev–Trinajstić information content (AvgIpc) is 3.35. The van der Waals surface area contributed by atoms with Gasteiger partial charge in [0.25, 0.3) is 0 Å². The van der Waals surface area contributed by atoms with E-state index in [4.69, 9.17) is 4.74 Å². The average molecular weight is 509 g/mol. The molecule has 1 aromatic heterocycles. The first-order valence-electron chi connectivity index (χ1n) is 12.4. The highest BCUT2D eigenvalue weighted by Crippen LogP contribution is 2.24. The molecular formula is C27H36N6O2S. The minimum absolute atomic E-state index is 0.254. The van der Waals surface area contributed by atoms with Crippen LogP contribution in [0, 0.1) is 6.92 Å². The molecule has 1 fully saturated rings. The molecule has 192 valence electrons. The van der Waals surface area contributed by atoms with E-state index in [1.165, 1.54) is 25.9 Å². The first-order valence-corrected chi connectivity index (χ1v) is 13.5. The van der Waals surface area contributed by atoms with Crippen LogP contribution in [0.3, 0.4) is 0 Å². The number of likely N-dealkylation sites (tertiary alicyclic amines) is 1. The quantitative estimate of drug-likeness (QED) is 0.348. The highest BCUT2D eigenvalue weighted by molar-refractivity contribution is 7.83. The SMILES string of the molecule is Cc1cnc(Nc2ccc(OCCN3CCCC3)cc2)nc1Nc1cccc(S(=O)NC(C)(C)C)c1.